The second-order valence-electron chi connectivity index (χ2n) is 4.76. The van der Waals surface area contributed by atoms with Crippen LogP contribution in [0.15, 0.2) is 27.2 Å². The molecule has 20 heavy (non-hydrogen) atoms. The number of aryl methyl sites for hydroxylation is 1. The minimum atomic E-state index is -0.432. The molecule has 104 valence electrons. The first kappa shape index (κ1) is 13.5. The van der Waals surface area contributed by atoms with E-state index in [4.69, 9.17) is 9.26 Å². The first-order chi connectivity index (χ1) is 9.65. The van der Waals surface area contributed by atoms with Gasteiger partial charge in [-0.3, -0.25) is 4.79 Å². The lowest BCUT2D eigenvalue weighted by molar-refractivity contribution is -0.127. The number of halogens is 1. The van der Waals surface area contributed by atoms with Crippen LogP contribution in [0.3, 0.4) is 0 Å². The van der Waals surface area contributed by atoms with Gasteiger partial charge in [0, 0.05) is 16.5 Å². The first-order valence-corrected chi connectivity index (χ1v) is 7.15. The van der Waals surface area contributed by atoms with Gasteiger partial charge in [-0.05, 0) is 18.6 Å². The van der Waals surface area contributed by atoms with E-state index < -0.39 is 5.92 Å². The zero-order chi connectivity index (χ0) is 14.1. The highest BCUT2D eigenvalue weighted by molar-refractivity contribution is 9.10. The first-order valence-electron chi connectivity index (χ1n) is 6.36. The minimum absolute atomic E-state index is 0.0940. The Hall–Kier alpha value is -1.53. The molecule has 2 aromatic rings. The molecule has 0 bridgehead atoms. The van der Waals surface area contributed by atoms with Gasteiger partial charge >= 0.3 is 0 Å². The number of hydrogen-bond acceptors (Lipinski definition) is 5. The summed E-state index contributed by atoms with van der Waals surface area (Å²) in [7, 11) is 0. The van der Waals surface area contributed by atoms with Gasteiger partial charge in [0.15, 0.2) is 0 Å². The lowest BCUT2D eigenvalue weighted by Crippen LogP contribution is -2.25. The molecular formula is C14H13BrN2O3. The number of aromatic nitrogens is 2. The van der Waals surface area contributed by atoms with Crippen molar-refractivity contribution in [1.82, 2.24) is 10.1 Å². The third-order valence-electron chi connectivity index (χ3n) is 3.34. The Kier molecular flexibility index (Phi) is 3.67. The summed E-state index contributed by atoms with van der Waals surface area (Å²) >= 11 is 3.48. The van der Waals surface area contributed by atoms with E-state index in [0.717, 1.165) is 15.6 Å². The maximum absolute atomic E-state index is 11.8. The fraction of sp³-hybridized carbons (Fsp3) is 0.357. The number of ether oxygens (including phenoxy) is 1. The number of Topliss-reactive ketones (excluding diaryl/α,β-unsaturated/α-hetero) is 1. The molecule has 0 radical (unpaired) electrons. The average Bonchev–Trinajstić information content (AvgIpc) is 2.92. The topological polar surface area (TPSA) is 65.2 Å². The van der Waals surface area contributed by atoms with Gasteiger partial charge in [0.2, 0.25) is 11.7 Å². The van der Waals surface area contributed by atoms with Crippen LogP contribution in [0.25, 0.3) is 11.4 Å². The van der Waals surface area contributed by atoms with Gasteiger partial charge < -0.3 is 9.26 Å². The van der Waals surface area contributed by atoms with Gasteiger partial charge in [-0.15, -0.1) is 0 Å². The van der Waals surface area contributed by atoms with Crippen LogP contribution in [-0.4, -0.2) is 29.1 Å². The molecule has 1 aliphatic heterocycles. The molecule has 6 heteroatoms. The van der Waals surface area contributed by atoms with Crippen molar-refractivity contribution in [1.29, 1.82) is 0 Å². The Morgan fingerprint density at radius 1 is 1.40 bits per heavy atom. The molecular weight excluding hydrogens is 324 g/mol. The highest BCUT2D eigenvalue weighted by Crippen LogP contribution is 2.26. The summed E-state index contributed by atoms with van der Waals surface area (Å²) in [5.41, 5.74) is 1.98. The fourth-order valence-electron chi connectivity index (χ4n) is 2.08. The van der Waals surface area contributed by atoms with Crippen molar-refractivity contribution in [2.24, 2.45) is 0 Å². The summed E-state index contributed by atoms with van der Waals surface area (Å²) in [6.45, 7) is 2.80. The molecule has 1 aliphatic rings. The lowest BCUT2D eigenvalue weighted by atomic mass is 10.0. The summed E-state index contributed by atoms with van der Waals surface area (Å²) in [4.78, 5) is 16.1. The quantitative estimate of drug-likeness (QED) is 0.843. The Labute approximate surface area is 124 Å². The summed E-state index contributed by atoms with van der Waals surface area (Å²) in [6.07, 6.45) is 0.401. The Balaban J connectivity index is 1.89. The maximum atomic E-state index is 11.8. The molecule has 1 atom stereocenters. The van der Waals surface area contributed by atoms with Crippen LogP contribution in [0, 0.1) is 6.92 Å². The number of ketones is 1. The van der Waals surface area contributed by atoms with Crippen LogP contribution in [-0.2, 0) is 9.53 Å². The van der Waals surface area contributed by atoms with Crippen molar-refractivity contribution in [3.63, 3.8) is 0 Å². The summed E-state index contributed by atoms with van der Waals surface area (Å²) in [6, 6.07) is 5.83. The number of nitrogens with zero attached hydrogens (tertiary/aromatic N) is 2. The summed E-state index contributed by atoms with van der Waals surface area (Å²) < 4.78 is 11.5. The van der Waals surface area contributed by atoms with E-state index in [-0.39, 0.29) is 5.78 Å². The van der Waals surface area contributed by atoms with Gasteiger partial charge in [-0.1, -0.05) is 33.2 Å². The van der Waals surface area contributed by atoms with Crippen molar-refractivity contribution in [2.45, 2.75) is 19.3 Å². The zero-order valence-electron chi connectivity index (χ0n) is 10.9. The van der Waals surface area contributed by atoms with E-state index in [2.05, 4.69) is 26.1 Å². The number of hydrogen-bond donors (Lipinski definition) is 0. The maximum Gasteiger partial charge on any atom is 0.239 e. The summed E-state index contributed by atoms with van der Waals surface area (Å²) in [5.74, 6) is 0.482. The fourth-order valence-corrected chi connectivity index (χ4v) is 2.45. The largest absolute Gasteiger partial charge is 0.380 e. The number of benzene rings is 1. The Morgan fingerprint density at radius 2 is 2.25 bits per heavy atom. The molecule has 0 aliphatic carbocycles. The van der Waals surface area contributed by atoms with Crippen molar-refractivity contribution >= 4 is 21.7 Å². The minimum Gasteiger partial charge on any atom is -0.380 e. The monoisotopic (exact) mass is 336 g/mol. The van der Waals surface area contributed by atoms with Crippen molar-refractivity contribution in [3.05, 3.63) is 34.1 Å². The second-order valence-corrected chi connectivity index (χ2v) is 5.62. The molecule has 1 saturated heterocycles. The van der Waals surface area contributed by atoms with Gasteiger partial charge in [0.05, 0.1) is 13.2 Å². The van der Waals surface area contributed by atoms with E-state index in [1.54, 1.807) is 0 Å². The van der Waals surface area contributed by atoms with Gasteiger partial charge in [-0.25, -0.2) is 0 Å². The van der Waals surface area contributed by atoms with E-state index in [1.807, 2.05) is 25.1 Å². The van der Waals surface area contributed by atoms with E-state index in [9.17, 15) is 4.79 Å². The molecule has 0 spiro atoms. The van der Waals surface area contributed by atoms with Gasteiger partial charge in [-0.2, -0.15) is 4.98 Å². The zero-order valence-corrected chi connectivity index (χ0v) is 12.5. The molecule has 0 amide bonds. The number of carbonyl (C=O) groups is 1. The predicted molar refractivity (Wildman–Crippen MR) is 75.4 cm³/mol. The molecule has 2 heterocycles. The predicted octanol–water partition coefficient (Wildman–Crippen LogP) is 2.88. The van der Waals surface area contributed by atoms with Crippen molar-refractivity contribution in [2.75, 3.05) is 13.2 Å². The van der Waals surface area contributed by atoms with E-state index in [1.165, 1.54) is 0 Å². The van der Waals surface area contributed by atoms with E-state index >= 15 is 0 Å². The summed E-state index contributed by atoms with van der Waals surface area (Å²) in [5, 5.41) is 3.95. The molecule has 0 saturated carbocycles. The standard InChI is InChI=1S/C14H13BrN2O3/c1-8-2-3-9(6-11(8)15)13-16-14(20-17-13)10-7-19-5-4-12(10)18/h2-3,6,10H,4-5,7H2,1H3. The average molecular weight is 337 g/mol. The highest BCUT2D eigenvalue weighted by Gasteiger charge is 2.29. The van der Waals surface area contributed by atoms with Crippen LogP contribution < -0.4 is 0 Å². The van der Waals surface area contributed by atoms with Crippen LogP contribution in [0.5, 0.6) is 0 Å². The number of rotatable bonds is 2. The SMILES string of the molecule is Cc1ccc(-c2noc(C3COCCC3=O)n2)cc1Br. The molecule has 1 aromatic heterocycles. The van der Waals surface area contributed by atoms with Crippen LogP contribution in [0.4, 0.5) is 0 Å². The molecule has 1 unspecified atom stereocenters. The molecule has 3 rings (SSSR count). The number of carbonyl (C=O) groups excluding carboxylic acids is 1. The third-order valence-corrected chi connectivity index (χ3v) is 4.19. The molecule has 5 nitrogen and oxygen atoms in total. The van der Waals surface area contributed by atoms with Crippen molar-refractivity contribution in [3.8, 4) is 11.4 Å². The van der Waals surface area contributed by atoms with Crippen LogP contribution >= 0.6 is 15.9 Å². The highest BCUT2D eigenvalue weighted by atomic mass is 79.9. The molecule has 0 N–H and O–H groups in total. The third kappa shape index (κ3) is 2.53. The molecule has 1 fully saturated rings. The normalized spacial score (nSPS) is 19.3. The van der Waals surface area contributed by atoms with Crippen LogP contribution in [0.1, 0.15) is 23.8 Å². The van der Waals surface area contributed by atoms with Crippen molar-refractivity contribution < 1.29 is 14.1 Å². The van der Waals surface area contributed by atoms with E-state index in [0.29, 0.717) is 31.3 Å². The lowest BCUT2D eigenvalue weighted by Gasteiger charge is -2.17. The molecule has 1 aromatic carbocycles. The second kappa shape index (κ2) is 5.46. The van der Waals surface area contributed by atoms with Gasteiger partial charge in [0.25, 0.3) is 0 Å². The Morgan fingerprint density at radius 3 is 3.00 bits per heavy atom. The Bertz CT molecular complexity index is 654. The van der Waals surface area contributed by atoms with Crippen LogP contribution in [0.2, 0.25) is 0 Å². The smallest absolute Gasteiger partial charge is 0.239 e. The van der Waals surface area contributed by atoms with Gasteiger partial charge in [0.1, 0.15) is 11.7 Å².